The molecule has 0 aliphatic carbocycles. The van der Waals surface area contributed by atoms with Crippen LogP contribution in [0.25, 0.3) is 0 Å². The van der Waals surface area contributed by atoms with Crippen molar-refractivity contribution in [2.24, 2.45) is 0 Å². The van der Waals surface area contributed by atoms with E-state index in [2.05, 4.69) is 26.2 Å². The van der Waals surface area contributed by atoms with Crippen molar-refractivity contribution in [1.82, 2.24) is 10.3 Å². The van der Waals surface area contributed by atoms with Gasteiger partial charge in [-0.05, 0) is 49.2 Å². The Bertz CT molecular complexity index is 584. The number of aromatic nitrogens is 1. The molecule has 0 aliphatic heterocycles. The number of hydrogen-bond acceptors (Lipinski definition) is 2. The highest BCUT2D eigenvalue weighted by Crippen LogP contribution is 2.20. The second-order valence-corrected chi connectivity index (χ2v) is 5.24. The van der Waals surface area contributed by atoms with E-state index in [0.717, 1.165) is 15.6 Å². The van der Waals surface area contributed by atoms with Crippen LogP contribution in [0.2, 0.25) is 0 Å². The van der Waals surface area contributed by atoms with Gasteiger partial charge in [-0.15, -0.1) is 0 Å². The topological polar surface area (TPSA) is 42.0 Å². The van der Waals surface area contributed by atoms with Crippen molar-refractivity contribution < 1.29 is 4.79 Å². The monoisotopic (exact) mass is 318 g/mol. The Morgan fingerprint density at radius 3 is 2.63 bits per heavy atom. The number of carbonyl (C=O) groups is 1. The van der Waals surface area contributed by atoms with Gasteiger partial charge in [0.2, 0.25) is 0 Å². The van der Waals surface area contributed by atoms with E-state index in [0.29, 0.717) is 5.56 Å². The van der Waals surface area contributed by atoms with Gasteiger partial charge < -0.3 is 5.32 Å². The third-order valence-corrected chi connectivity index (χ3v) is 3.93. The van der Waals surface area contributed by atoms with Gasteiger partial charge in [0.05, 0.1) is 6.04 Å². The number of amides is 1. The molecule has 1 unspecified atom stereocenters. The van der Waals surface area contributed by atoms with Crippen LogP contribution in [0.5, 0.6) is 0 Å². The number of halogens is 1. The first-order chi connectivity index (χ1) is 9.09. The van der Waals surface area contributed by atoms with Gasteiger partial charge in [-0.3, -0.25) is 9.78 Å². The SMILES string of the molecule is Cc1c(Br)cccc1C(=O)NC(C)c1ccncc1. The zero-order valence-electron chi connectivity index (χ0n) is 10.9. The molecule has 1 N–H and O–H groups in total. The molecule has 0 radical (unpaired) electrons. The Hall–Kier alpha value is -1.68. The number of hydrogen-bond donors (Lipinski definition) is 1. The van der Waals surface area contributed by atoms with Crippen LogP contribution in [0, 0.1) is 6.92 Å². The summed E-state index contributed by atoms with van der Waals surface area (Å²) in [5.41, 5.74) is 2.67. The molecule has 4 heteroatoms. The molecule has 1 amide bonds. The smallest absolute Gasteiger partial charge is 0.252 e. The lowest BCUT2D eigenvalue weighted by Crippen LogP contribution is -2.27. The lowest BCUT2D eigenvalue weighted by molar-refractivity contribution is 0.0939. The van der Waals surface area contributed by atoms with Gasteiger partial charge >= 0.3 is 0 Å². The molecular formula is C15H15BrN2O. The minimum atomic E-state index is -0.0666. The van der Waals surface area contributed by atoms with Crippen LogP contribution in [0.1, 0.15) is 34.5 Å². The van der Waals surface area contributed by atoms with Crippen LogP contribution < -0.4 is 5.32 Å². The average Bonchev–Trinajstić information content (AvgIpc) is 2.42. The van der Waals surface area contributed by atoms with E-state index in [1.807, 2.05) is 44.2 Å². The number of rotatable bonds is 3. The standard InChI is InChI=1S/C15H15BrN2O/c1-10-13(4-3-5-14(10)16)15(19)18-11(2)12-6-8-17-9-7-12/h3-9,11H,1-2H3,(H,18,19). The van der Waals surface area contributed by atoms with E-state index in [1.54, 1.807) is 12.4 Å². The van der Waals surface area contributed by atoms with Gasteiger partial charge in [0, 0.05) is 22.4 Å². The van der Waals surface area contributed by atoms with Crippen molar-refractivity contribution in [2.45, 2.75) is 19.9 Å². The Kier molecular flexibility index (Phi) is 4.32. The molecule has 0 bridgehead atoms. The van der Waals surface area contributed by atoms with E-state index < -0.39 is 0 Å². The first-order valence-corrected chi connectivity index (χ1v) is 6.85. The molecule has 0 saturated carbocycles. The number of pyridine rings is 1. The summed E-state index contributed by atoms with van der Waals surface area (Å²) < 4.78 is 0.941. The molecule has 1 aromatic carbocycles. The summed E-state index contributed by atoms with van der Waals surface area (Å²) in [6.45, 7) is 3.89. The summed E-state index contributed by atoms with van der Waals surface area (Å²) in [4.78, 5) is 16.2. The maximum absolute atomic E-state index is 12.3. The van der Waals surface area contributed by atoms with E-state index in [1.165, 1.54) is 0 Å². The number of carbonyl (C=O) groups excluding carboxylic acids is 1. The minimum absolute atomic E-state index is 0.0473. The lowest BCUT2D eigenvalue weighted by atomic mass is 10.1. The molecule has 1 atom stereocenters. The Labute approximate surface area is 121 Å². The normalized spacial score (nSPS) is 11.9. The maximum atomic E-state index is 12.3. The van der Waals surface area contributed by atoms with Gasteiger partial charge in [-0.1, -0.05) is 22.0 Å². The van der Waals surface area contributed by atoms with Crippen LogP contribution in [0.3, 0.4) is 0 Å². The van der Waals surface area contributed by atoms with Crippen molar-refractivity contribution >= 4 is 21.8 Å². The van der Waals surface area contributed by atoms with Crippen LogP contribution in [-0.2, 0) is 0 Å². The maximum Gasteiger partial charge on any atom is 0.252 e. The molecule has 1 heterocycles. The van der Waals surface area contributed by atoms with Gasteiger partial charge in [0.15, 0.2) is 0 Å². The summed E-state index contributed by atoms with van der Waals surface area (Å²) >= 11 is 3.44. The van der Waals surface area contributed by atoms with E-state index in [-0.39, 0.29) is 11.9 Å². The fraction of sp³-hybridized carbons (Fsp3) is 0.200. The fourth-order valence-electron chi connectivity index (χ4n) is 1.86. The Morgan fingerprint density at radius 1 is 1.26 bits per heavy atom. The summed E-state index contributed by atoms with van der Waals surface area (Å²) in [6, 6.07) is 9.38. The van der Waals surface area contributed by atoms with Crippen molar-refractivity contribution in [1.29, 1.82) is 0 Å². The van der Waals surface area contributed by atoms with Crippen LogP contribution in [0.4, 0.5) is 0 Å². The van der Waals surface area contributed by atoms with Crippen LogP contribution in [0.15, 0.2) is 47.2 Å². The highest BCUT2D eigenvalue weighted by atomic mass is 79.9. The van der Waals surface area contributed by atoms with Crippen molar-refractivity contribution in [3.8, 4) is 0 Å². The molecule has 1 aromatic heterocycles. The van der Waals surface area contributed by atoms with Gasteiger partial charge in [0.1, 0.15) is 0 Å². The fourth-order valence-corrected chi connectivity index (χ4v) is 2.23. The molecule has 98 valence electrons. The van der Waals surface area contributed by atoms with E-state index in [4.69, 9.17) is 0 Å². The molecule has 2 rings (SSSR count). The second kappa shape index (κ2) is 5.97. The largest absolute Gasteiger partial charge is 0.346 e. The first kappa shape index (κ1) is 13.7. The molecule has 0 aliphatic rings. The van der Waals surface area contributed by atoms with Gasteiger partial charge in [0.25, 0.3) is 5.91 Å². The zero-order valence-corrected chi connectivity index (χ0v) is 12.4. The highest BCUT2D eigenvalue weighted by Gasteiger charge is 2.14. The molecule has 0 fully saturated rings. The van der Waals surface area contributed by atoms with Crippen molar-refractivity contribution in [3.63, 3.8) is 0 Å². The molecule has 0 saturated heterocycles. The van der Waals surface area contributed by atoms with Crippen LogP contribution in [-0.4, -0.2) is 10.9 Å². The molecular weight excluding hydrogens is 304 g/mol. The number of benzene rings is 1. The summed E-state index contributed by atoms with van der Waals surface area (Å²) in [6.07, 6.45) is 3.45. The summed E-state index contributed by atoms with van der Waals surface area (Å²) in [7, 11) is 0. The second-order valence-electron chi connectivity index (χ2n) is 4.39. The number of nitrogens with one attached hydrogen (secondary N) is 1. The molecule has 3 nitrogen and oxygen atoms in total. The quantitative estimate of drug-likeness (QED) is 0.938. The first-order valence-electron chi connectivity index (χ1n) is 6.05. The van der Waals surface area contributed by atoms with Gasteiger partial charge in [-0.2, -0.15) is 0 Å². The third-order valence-electron chi connectivity index (χ3n) is 3.07. The van der Waals surface area contributed by atoms with E-state index >= 15 is 0 Å². The molecule has 2 aromatic rings. The predicted octanol–water partition coefficient (Wildman–Crippen LogP) is 3.64. The lowest BCUT2D eigenvalue weighted by Gasteiger charge is -2.15. The molecule has 0 spiro atoms. The minimum Gasteiger partial charge on any atom is -0.346 e. The third kappa shape index (κ3) is 3.20. The highest BCUT2D eigenvalue weighted by molar-refractivity contribution is 9.10. The summed E-state index contributed by atoms with van der Waals surface area (Å²) in [5, 5.41) is 2.99. The average molecular weight is 319 g/mol. The van der Waals surface area contributed by atoms with Gasteiger partial charge in [-0.25, -0.2) is 0 Å². The zero-order chi connectivity index (χ0) is 13.8. The molecule has 19 heavy (non-hydrogen) atoms. The number of nitrogens with zero attached hydrogens (tertiary/aromatic N) is 1. The Morgan fingerprint density at radius 2 is 1.95 bits per heavy atom. The Balaban J connectivity index is 2.16. The van der Waals surface area contributed by atoms with Crippen LogP contribution >= 0.6 is 15.9 Å². The van der Waals surface area contributed by atoms with Crippen molar-refractivity contribution in [3.05, 3.63) is 63.9 Å². The summed E-state index contributed by atoms with van der Waals surface area (Å²) in [5.74, 6) is -0.0666. The predicted molar refractivity (Wildman–Crippen MR) is 79.0 cm³/mol. The van der Waals surface area contributed by atoms with Crippen molar-refractivity contribution in [2.75, 3.05) is 0 Å². The van der Waals surface area contributed by atoms with E-state index in [9.17, 15) is 4.79 Å².